The number of hydrogen-bond acceptors (Lipinski definition) is 3. The number of urea groups is 1. The predicted octanol–water partition coefficient (Wildman–Crippen LogP) is 1.40. The molecule has 0 radical (unpaired) electrons. The van der Waals surface area contributed by atoms with Crippen molar-refractivity contribution >= 4 is 27.8 Å². The molecule has 96 valence electrons. The zero-order valence-corrected chi connectivity index (χ0v) is 11.8. The Morgan fingerprint density at radius 3 is 2.89 bits per heavy atom. The highest BCUT2D eigenvalue weighted by atomic mass is 79.9. The monoisotopic (exact) mass is 310 g/mol. The molecule has 1 aromatic rings. The van der Waals surface area contributed by atoms with Crippen LogP contribution in [0.2, 0.25) is 0 Å². The van der Waals surface area contributed by atoms with Gasteiger partial charge in [0.05, 0.1) is 6.04 Å². The fourth-order valence-electron chi connectivity index (χ4n) is 2.64. The van der Waals surface area contributed by atoms with Gasteiger partial charge in [-0.25, -0.2) is 9.78 Å². The van der Waals surface area contributed by atoms with Gasteiger partial charge in [-0.05, 0) is 28.1 Å². The van der Waals surface area contributed by atoms with Gasteiger partial charge >= 0.3 is 6.03 Å². The van der Waals surface area contributed by atoms with Crippen LogP contribution in [0, 0.1) is 0 Å². The van der Waals surface area contributed by atoms with E-state index < -0.39 is 0 Å². The van der Waals surface area contributed by atoms with Crippen LogP contribution in [0.3, 0.4) is 0 Å². The minimum Gasteiger partial charge on any atom is -0.353 e. The number of pyridine rings is 1. The van der Waals surface area contributed by atoms with Crippen molar-refractivity contribution in [2.75, 3.05) is 38.1 Å². The van der Waals surface area contributed by atoms with E-state index in [2.05, 4.69) is 25.8 Å². The number of carbonyl (C=O) groups excluding carboxylic acids is 1. The van der Waals surface area contributed by atoms with Crippen molar-refractivity contribution in [1.29, 1.82) is 0 Å². The molecule has 0 saturated carbocycles. The SMILES string of the molecule is CN1CC2CN(c3ccc(Br)cn3)CCN2C1=O. The summed E-state index contributed by atoms with van der Waals surface area (Å²) in [6.07, 6.45) is 1.81. The third-order valence-electron chi connectivity index (χ3n) is 3.58. The van der Waals surface area contributed by atoms with Crippen molar-refractivity contribution in [3.63, 3.8) is 0 Å². The molecule has 2 fully saturated rings. The van der Waals surface area contributed by atoms with Gasteiger partial charge in [-0.15, -0.1) is 0 Å². The fraction of sp³-hybridized carbons (Fsp3) is 0.500. The van der Waals surface area contributed by atoms with E-state index in [1.54, 1.807) is 4.90 Å². The van der Waals surface area contributed by atoms with E-state index in [1.165, 1.54) is 0 Å². The summed E-state index contributed by atoms with van der Waals surface area (Å²) in [5.41, 5.74) is 0. The maximum Gasteiger partial charge on any atom is 0.320 e. The standard InChI is InChI=1S/C12H15BrN4O/c1-15-7-10-8-16(4-5-17(10)12(15)18)11-3-2-9(13)6-14-11/h2-3,6,10H,4-5,7-8H2,1H3. The molecule has 1 aromatic heterocycles. The Morgan fingerprint density at radius 1 is 1.33 bits per heavy atom. The third kappa shape index (κ3) is 1.94. The average Bonchev–Trinajstić information content (AvgIpc) is 2.65. The first-order valence-corrected chi connectivity index (χ1v) is 6.82. The molecule has 6 heteroatoms. The third-order valence-corrected chi connectivity index (χ3v) is 4.04. The second kappa shape index (κ2) is 4.42. The Morgan fingerprint density at radius 2 is 2.17 bits per heavy atom. The molecule has 0 aliphatic carbocycles. The van der Waals surface area contributed by atoms with Crippen LogP contribution in [-0.4, -0.2) is 60.1 Å². The lowest BCUT2D eigenvalue weighted by molar-refractivity contribution is 0.187. The first kappa shape index (κ1) is 11.8. The van der Waals surface area contributed by atoms with Gasteiger partial charge < -0.3 is 14.7 Å². The maximum atomic E-state index is 11.8. The number of carbonyl (C=O) groups is 1. The van der Waals surface area contributed by atoms with Crippen LogP contribution >= 0.6 is 15.9 Å². The predicted molar refractivity (Wildman–Crippen MR) is 72.7 cm³/mol. The summed E-state index contributed by atoms with van der Waals surface area (Å²) < 4.78 is 0.987. The Kier molecular flexibility index (Phi) is 2.89. The zero-order chi connectivity index (χ0) is 12.7. The van der Waals surface area contributed by atoms with Crippen molar-refractivity contribution in [2.24, 2.45) is 0 Å². The number of likely N-dealkylation sites (N-methyl/N-ethyl adjacent to an activating group) is 1. The van der Waals surface area contributed by atoms with Gasteiger partial charge in [-0.2, -0.15) is 0 Å². The summed E-state index contributed by atoms with van der Waals surface area (Å²) in [5.74, 6) is 0.986. The van der Waals surface area contributed by atoms with E-state index in [4.69, 9.17) is 0 Å². The molecule has 1 unspecified atom stereocenters. The number of amides is 2. The molecule has 2 saturated heterocycles. The van der Waals surface area contributed by atoms with Crippen LogP contribution in [0.5, 0.6) is 0 Å². The van der Waals surface area contributed by atoms with Gasteiger partial charge in [0, 0.05) is 43.9 Å². The molecular formula is C12H15BrN4O. The van der Waals surface area contributed by atoms with Crippen molar-refractivity contribution in [3.05, 3.63) is 22.8 Å². The number of halogens is 1. The Balaban J connectivity index is 1.75. The second-order valence-electron chi connectivity index (χ2n) is 4.79. The first-order valence-electron chi connectivity index (χ1n) is 6.03. The summed E-state index contributed by atoms with van der Waals surface area (Å²) in [7, 11) is 1.86. The molecule has 3 heterocycles. The number of nitrogens with zero attached hydrogens (tertiary/aromatic N) is 4. The minimum atomic E-state index is 0.156. The normalized spacial score (nSPS) is 23.6. The van der Waals surface area contributed by atoms with Crippen molar-refractivity contribution in [1.82, 2.24) is 14.8 Å². The zero-order valence-electron chi connectivity index (χ0n) is 10.2. The highest BCUT2D eigenvalue weighted by molar-refractivity contribution is 9.10. The average molecular weight is 311 g/mol. The van der Waals surface area contributed by atoms with Crippen LogP contribution in [-0.2, 0) is 0 Å². The van der Waals surface area contributed by atoms with Gasteiger partial charge in [0.25, 0.3) is 0 Å². The Bertz CT molecular complexity index is 464. The van der Waals surface area contributed by atoms with Gasteiger partial charge in [-0.1, -0.05) is 0 Å². The molecule has 0 spiro atoms. The Labute approximate surface area is 115 Å². The molecule has 0 N–H and O–H groups in total. The minimum absolute atomic E-state index is 0.156. The number of anilines is 1. The number of piperazine rings is 1. The van der Waals surface area contributed by atoms with Crippen LogP contribution in [0.15, 0.2) is 22.8 Å². The summed E-state index contributed by atoms with van der Waals surface area (Å²) in [5, 5.41) is 0. The highest BCUT2D eigenvalue weighted by Crippen LogP contribution is 2.23. The number of fused-ring (bicyclic) bond motifs is 1. The van der Waals surface area contributed by atoms with Crippen LogP contribution in [0.4, 0.5) is 10.6 Å². The lowest BCUT2D eigenvalue weighted by atomic mass is 10.2. The number of aromatic nitrogens is 1. The largest absolute Gasteiger partial charge is 0.353 e. The summed E-state index contributed by atoms with van der Waals surface area (Å²) in [6.45, 7) is 3.31. The number of rotatable bonds is 1. The lowest BCUT2D eigenvalue weighted by Gasteiger charge is -2.37. The molecule has 2 aliphatic heterocycles. The van der Waals surface area contributed by atoms with Crippen LogP contribution in [0.1, 0.15) is 0 Å². The summed E-state index contributed by atoms with van der Waals surface area (Å²) >= 11 is 3.39. The van der Waals surface area contributed by atoms with Crippen LogP contribution in [0.25, 0.3) is 0 Å². The molecule has 0 aromatic carbocycles. The van der Waals surface area contributed by atoms with Crippen molar-refractivity contribution < 1.29 is 4.79 Å². The molecule has 5 nitrogen and oxygen atoms in total. The fourth-order valence-corrected chi connectivity index (χ4v) is 2.87. The van der Waals surface area contributed by atoms with E-state index in [9.17, 15) is 4.79 Å². The molecule has 2 aliphatic rings. The van der Waals surface area contributed by atoms with E-state index in [0.29, 0.717) is 6.04 Å². The van der Waals surface area contributed by atoms with Crippen molar-refractivity contribution in [2.45, 2.75) is 6.04 Å². The Hall–Kier alpha value is -1.30. The summed E-state index contributed by atoms with van der Waals surface area (Å²) in [4.78, 5) is 22.3. The molecule has 18 heavy (non-hydrogen) atoms. The summed E-state index contributed by atoms with van der Waals surface area (Å²) in [6, 6.07) is 4.46. The molecule has 2 amide bonds. The van der Waals surface area contributed by atoms with E-state index >= 15 is 0 Å². The van der Waals surface area contributed by atoms with Gasteiger partial charge in [0.1, 0.15) is 5.82 Å². The second-order valence-corrected chi connectivity index (χ2v) is 5.71. The van der Waals surface area contributed by atoms with Crippen LogP contribution < -0.4 is 4.90 Å². The maximum absolute atomic E-state index is 11.8. The van der Waals surface area contributed by atoms with Gasteiger partial charge in [0.2, 0.25) is 0 Å². The van der Waals surface area contributed by atoms with E-state index in [0.717, 1.165) is 36.5 Å². The molecular weight excluding hydrogens is 296 g/mol. The molecule has 0 bridgehead atoms. The molecule has 3 rings (SSSR count). The first-order chi connectivity index (χ1) is 8.65. The topological polar surface area (TPSA) is 39.7 Å². The van der Waals surface area contributed by atoms with Gasteiger partial charge in [-0.3, -0.25) is 0 Å². The lowest BCUT2D eigenvalue weighted by Crippen LogP contribution is -2.52. The number of hydrogen-bond donors (Lipinski definition) is 0. The highest BCUT2D eigenvalue weighted by Gasteiger charge is 2.39. The van der Waals surface area contributed by atoms with E-state index in [-0.39, 0.29) is 6.03 Å². The van der Waals surface area contributed by atoms with E-state index in [1.807, 2.05) is 30.3 Å². The van der Waals surface area contributed by atoms with Gasteiger partial charge in [0.15, 0.2) is 0 Å². The quantitative estimate of drug-likeness (QED) is 0.787. The smallest absolute Gasteiger partial charge is 0.320 e. The van der Waals surface area contributed by atoms with Crippen molar-refractivity contribution in [3.8, 4) is 0 Å². The molecule has 1 atom stereocenters.